The molecule has 0 amide bonds. The summed E-state index contributed by atoms with van der Waals surface area (Å²) >= 11 is 0. The number of hydrogen-bond acceptors (Lipinski definition) is 5. The summed E-state index contributed by atoms with van der Waals surface area (Å²) in [6.07, 6.45) is 3.76. The van der Waals surface area contributed by atoms with Crippen LogP contribution < -0.4 is 0 Å². The Balaban J connectivity index is 4.36. The molecule has 0 fully saturated rings. The molecule has 0 unspecified atom stereocenters. The van der Waals surface area contributed by atoms with E-state index in [2.05, 4.69) is 6.58 Å². The fourth-order valence-corrected chi connectivity index (χ4v) is 1.22. The van der Waals surface area contributed by atoms with Crippen molar-refractivity contribution in [3.05, 3.63) is 32.9 Å². The molecule has 0 aliphatic heterocycles. The van der Waals surface area contributed by atoms with E-state index in [1.807, 2.05) is 0 Å². The fourth-order valence-electron chi connectivity index (χ4n) is 1.22. The maximum absolute atomic E-state index is 10.5. The van der Waals surface area contributed by atoms with Gasteiger partial charge in [0.25, 0.3) is 0 Å². The number of rotatable bonds is 8. The predicted octanol–water partition coefficient (Wildman–Crippen LogP) is 1.90. The van der Waals surface area contributed by atoms with E-state index in [4.69, 9.17) is 5.26 Å². The second-order valence-electron chi connectivity index (χ2n) is 3.33. The molecule has 0 radical (unpaired) electrons. The van der Waals surface area contributed by atoms with Crippen molar-refractivity contribution in [2.75, 3.05) is 0 Å². The summed E-state index contributed by atoms with van der Waals surface area (Å²) in [4.78, 5) is 18.8. The number of nitro groups is 2. The third-order valence-corrected chi connectivity index (χ3v) is 2.22. The second kappa shape index (κ2) is 6.50. The van der Waals surface area contributed by atoms with Gasteiger partial charge in [-0.15, -0.1) is 6.58 Å². The van der Waals surface area contributed by atoms with E-state index in [0.717, 1.165) is 12.8 Å². The molecule has 7 heteroatoms. The summed E-state index contributed by atoms with van der Waals surface area (Å²) < 4.78 is 0. The van der Waals surface area contributed by atoms with E-state index in [0.29, 0.717) is 6.42 Å². The Bertz CT molecular complexity index is 307. The van der Waals surface area contributed by atoms with Crippen LogP contribution >= 0.6 is 0 Å². The lowest BCUT2D eigenvalue weighted by molar-refractivity contribution is -0.778. The molecule has 0 rings (SSSR count). The lowest BCUT2D eigenvalue weighted by atomic mass is 10.0. The summed E-state index contributed by atoms with van der Waals surface area (Å²) in [7, 11) is 0. The van der Waals surface area contributed by atoms with Gasteiger partial charge in [-0.2, -0.15) is 5.26 Å². The van der Waals surface area contributed by atoms with Crippen LogP contribution in [0.25, 0.3) is 0 Å². The summed E-state index contributed by atoms with van der Waals surface area (Å²) in [5, 5.41) is 29.6. The molecule has 0 aliphatic carbocycles. The number of allylic oxidation sites excluding steroid dienone is 1. The Labute approximate surface area is 92.7 Å². The molecule has 0 N–H and O–H groups in total. The molecule has 0 aliphatic rings. The zero-order chi connectivity index (χ0) is 12.6. The number of hydrogen-bond donors (Lipinski definition) is 0. The fraction of sp³-hybridized carbons (Fsp3) is 0.667. The molecule has 0 bridgehead atoms. The van der Waals surface area contributed by atoms with Crippen molar-refractivity contribution in [2.24, 2.45) is 0 Å². The smallest absolute Gasteiger partial charge is 0.257 e. The highest BCUT2D eigenvalue weighted by molar-refractivity contribution is 4.91. The standard InChI is InChI=1S/C9H13N3O4/c1-2-3-4-5-6-7-9(8-10,11(13)14)12(15)16/h2H,1,3-7H2. The summed E-state index contributed by atoms with van der Waals surface area (Å²) in [5.74, 6) is 0. The molecule has 0 saturated carbocycles. The predicted molar refractivity (Wildman–Crippen MR) is 55.6 cm³/mol. The molecule has 0 atom stereocenters. The molecule has 88 valence electrons. The van der Waals surface area contributed by atoms with Gasteiger partial charge in [-0.25, -0.2) is 0 Å². The maximum Gasteiger partial charge on any atom is 0.543 e. The summed E-state index contributed by atoms with van der Waals surface area (Å²) in [6, 6.07) is 1.19. The quantitative estimate of drug-likeness (QED) is 0.207. The Hall–Kier alpha value is -1.97. The molecular formula is C9H13N3O4. The zero-order valence-electron chi connectivity index (χ0n) is 8.79. The van der Waals surface area contributed by atoms with Crippen LogP contribution in [0.5, 0.6) is 0 Å². The second-order valence-corrected chi connectivity index (χ2v) is 3.33. The molecule has 0 saturated heterocycles. The minimum Gasteiger partial charge on any atom is -0.257 e. The van der Waals surface area contributed by atoms with Gasteiger partial charge in [-0.1, -0.05) is 12.5 Å². The van der Waals surface area contributed by atoms with Crippen LogP contribution in [-0.4, -0.2) is 15.5 Å². The summed E-state index contributed by atoms with van der Waals surface area (Å²) in [6.45, 7) is 3.51. The monoisotopic (exact) mass is 227 g/mol. The zero-order valence-corrected chi connectivity index (χ0v) is 8.79. The third kappa shape index (κ3) is 3.31. The Morgan fingerprint density at radius 2 is 1.81 bits per heavy atom. The van der Waals surface area contributed by atoms with Crippen molar-refractivity contribution in [1.82, 2.24) is 0 Å². The van der Waals surface area contributed by atoms with Crippen LogP contribution in [0.3, 0.4) is 0 Å². The Kier molecular flexibility index (Phi) is 5.70. The number of unbranched alkanes of at least 4 members (excludes halogenated alkanes) is 3. The van der Waals surface area contributed by atoms with Crippen molar-refractivity contribution in [3.63, 3.8) is 0 Å². The molecule has 16 heavy (non-hydrogen) atoms. The third-order valence-electron chi connectivity index (χ3n) is 2.22. The van der Waals surface area contributed by atoms with Gasteiger partial charge in [-0.05, 0) is 19.3 Å². The SMILES string of the molecule is C=CCCCCCC(C#N)([N+](=O)[O-])[N+](=O)[O-]. The molecule has 0 spiro atoms. The van der Waals surface area contributed by atoms with Gasteiger partial charge in [0.15, 0.2) is 0 Å². The molecule has 0 heterocycles. The number of nitrogens with zero attached hydrogens (tertiary/aromatic N) is 3. The Morgan fingerprint density at radius 1 is 1.25 bits per heavy atom. The van der Waals surface area contributed by atoms with E-state index in [-0.39, 0.29) is 12.8 Å². The van der Waals surface area contributed by atoms with E-state index in [9.17, 15) is 20.2 Å². The van der Waals surface area contributed by atoms with Crippen molar-refractivity contribution in [1.29, 1.82) is 5.26 Å². The van der Waals surface area contributed by atoms with Crippen LogP contribution in [0, 0.1) is 31.6 Å². The van der Waals surface area contributed by atoms with Gasteiger partial charge in [0.05, 0.1) is 0 Å². The van der Waals surface area contributed by atoms with E-state index < -0.39 is 15.5 Å². The van der Waals surface area contributed by atoms with Gasteiger partial charge in [0.1, 0.15) is 16.3 Å². The largest absolute Gasteiger partial charge is 0.543 e. The van der Waals surface area contributed by atoms with Crippen molar-refractivity contribution in [3.8, 4) is 6.07 Å². The number of nitriles is 1. The Morgan fingerprint density at radius 3 is 2.19 bits per heavy atom. The van der Waals surface area contributed by atoms with E-state index >= 15 is 0 Å². The van der Waals surface area contributed by atoms with Gasteiger partial charge in [0, 0.05) is 0 Å². The minimum atomic E-state index is -2.69. The lowest BCUT2D eigenvalue weighted by Crippen LogP contribution is -2.44. The average molecular weight is 227 g/mol. The van der Waals surface area contributed by atoms with Crippen LogP contribution in [0.1, 0.15) is 32.1 Å². The highest BCUT2D eigenvalue weighted by atomic mass is 16.7. The van der Waals surface area contributed by atoms with Crippen LogP contribution in [0.15, 0.2) is 12.7 Å². The lowest BCUT2D eigenvalue weighted by Gasteiger charge is -2.08. The van der Waals surface area contributed by atoms with E-state index in [1.54, 1.807) is 6.08 Å². The van der Waals surface area contributed by atoms with E-state index in [1.165, 1.54) is 6.07 Å². The van der Waals surface area contributed by atoms with Crippen molar-refractivity contribution >= 4 is 0 Å². The first-order valence-corrected chi connectivity index (χ1v) is 4.82. The van der Waals surface area contributed by atoms with Crippen LogP contribution in [0.4, 0.5) is 0 Å². The van der Waals surface area contributed by atoms with Gasteiger partial charge >= 0.3 is 5.66 Å². The summed E-state index contributed by atoms with van der Waals surface area (Å²) in [5.41, 5.74) is -2.69. The highest BCUT2D eigenvalue weighted by Gasteiger charge is 2.56. The normalized spacial score (nSPS) is 10.4. The van der Waals surface area contributed by atoms with Crippen molar-refractivity contribution in [2.45, 2.75) is 37.8 Å². The van der Waals surface area contributed by atoms with Gasteiger partial charge in [-0.3, -0.25) is 20.2 Å². The maximum atomic E-state index is 10.5. The first-order chi connectivity index (χ1) is 7.51. The van der Waals surface area contributed by atoms with Gasteiger partial charge in [0.2, 0.25) is 6.07 Å². The molecular weight excluding hydrogens is 214 g/mol. The van der Waals surface area contributed by atoms with Crippen LogP contribution in [-0.2, 0) is 0 Å². The molecule has 0 aromatic carbocycles. The molecule has 0 aromatic heterocycles. The first kappa shape index (κ1) is 14.0. The topological polar surface area (TPSA) is 110 Å². The van der Waals surface area contributed by atoms with Gasteiger partial charge < -0.3 is 0 Å². The highest BCUT2D eigenvalue weighted by Crippen LogP contribution is 2.19. The first-order valence-electron chi connectivity index (χ1n) is 4.82. The average Bonchev–Trinajstić information content (AvgIpc) is 2.22. The molecule has 7 nitrogen and oxygen atoms in total. The van der Waals surface area contributed by atoms with Crippen LogP contribution in [0.2, 0.25) is 0 Å². The van der Waals surface area contributed by atoms with Crippen molar-refractivity contribution < 1.29 is 9.85 Å². The minimum absolute atomic E-state index is 0.281. The molecule has 0 aromatic rings.